The third kappa shape index (κ3) is 3.30. The van der Waals surface area contributed by atoms with Crippen LogP contribution in [0.5, 0.6) is 11.5 Å². The molecule has 0 aliphatic carbocycles. The summed E-state index contributed by atoms with van der Waals surface area (Å²) in [5.41, 5.74) is 6.53. The molecular weight excluding hydrogens is 312 g/mol. The number of hydrogen-bond donors (Lipinski definition) is 1. The van der Waals surface area contributed by atoms with Crippen LogP contribution in [-0.4, -0.2) is 4.92 Å². The SMILES string of the molecule is NCc1ccc(Oc2ccc([N+](=O)[O-])cc2Br)cc1. The number of rotatable bonds is 4. The number of ether oxygens (including phenoxy) is 1. The van der Waals surface area contributed by atoms with Crippen LogP contribution in [0.4, 0.5) is 5.69 Å². The van der Waals surface area contributed by atoms with Gasteiger partial charge in [-0.05, 0) is 39.7 Å². The molecule has 0 spiro atoms. The normalized spacial score (nSPS) is 10.2. The minimum atomic E-state index is -0.454. The largest absolute Gasteiger partial charge is 0.456 e. The summed E-state index contributed by atoms with van der Waals surface area (Å²) in [7, 11) is 0. The zero-order chi connectivity index (χ0) is 13.8. The van der Waals surface area contributed by atoms with E-state index in [1.54, 1.807) is 18.2 Å². The summed E-state index contributed by atoms with van der Waals surface area (Å²) in [6.07, 6.45) is 0. The van der Waals surface area contributed by atoms with Gasteiger partial charge in [0.05, 0.1) is 9.40 Å². The van der Waals surface area contributed by atoms with Crippen molar-refractivity contribution in [2.75, 3.05) is 0 Å². The van der Waals surface area contributed by atoms with E-state index in [-0.39, 0.29) is 5.69 Å². The summed E-state index contributed by atoms with van der Waals surface area (Å²) < 4.78 is 6.17. The molecule has 2 N–H and O–H groups in total. The molecule has 2 rings (SSSR count). The molecule has 2 aromatic carbocycles. The third-order valence-electron chi connectivity index (χ3n) is 2.51. The van der Waals surface area contributed by atoms with Crippen LogP contribution >= 0.6 is 15.9 Å². The van der Waals surface area contributed by atoms with Crippen molar-refractivity contribution in [1.82, 2.24) is 0 Å². The number of nitrogens with zero attached hydrogens (tertiary/aromatic N) is 1. The smallest absolute Gasteiger partial charge is 0.270 e. The first-order valence-corrected chi connectivity index (χ1v) is 6.30. The molecule has 0 amide bonds. The first kappa shape index (κ1) is 13.5. The molecule has 0 atom stereocenters. The summed E-state index contributed by atoms with van der Waals surface area (Å²) >= 11 is 3.25. The van der Waals surface area contributed by atoms with E-state index in [2.05, 4.69) is 15.9 Å². The second-order valence-electron chi connectivity index (χ2n) is 3.82. The van der Waals surface area contributed by atoms with Crippen molar-refractivity contribution in [1.29, 1.82) is 0 Å². The van der Waals surface area contributed by atoms with Crippen molar-refractivity contribution in [2.45, 2.75) is 6.54 Å². The lowest BCUT2D eigenvalue weighted by molar-refractivity contribution is -0.384. The second kappa shape index (κ2) is 5.81. The fourth-order valence-electron chi connectivity index (χ4n) is 1.51. The average Bonchev–Trinajstić information content (AvgIpc) is 2.41. The molecule has 5 nitrogen and oxygen atoms in total. The van der Waals surface area contributed by atoms with Crippen LogP contribution in [0.1, 0.15) is 5.56 Å². The minimum Gasteiger partial charge on any atom is -0.456 e. The molecule has 0 aliphatic rings. The lowest BCUT2D eigenvalue weighted by Crippen LogP contribution is -1.95. The van der Waals surface area contributed by atoms with Crippen molar-refractivity contribution in [3.63, 3.8) is 0 Å². The quantitative estimate of drug-likeness (QED) is 0.689. The summed E-state index contributed by atoms with van der Waals surface area (Å²) in [6, 6.07) is 11.7. The van der Waals surface area contributed by atoms with Gasteiger partial charge in [0.2, 0.25) is 0 Å². The van der Waals surface area contributed by atoms with Crippen LogP contribution in [0.15, 0.2) is 46.9 Å². The maximum Gasteiger partial charge on any atom is 0.270 e. The van der Waals surface area contributed by atoms with E-state index < -0.39 is 4.92 Å². The van der Waals surface area contributed by atoms with Crippen molar-refractivity contribution in [2.24, 2.45) is 5.73 Å². The summed E-state index contributed by atoms with van der Waals surface area (Å²) in [4.78, 5) is 10.2. The topological polar surface area (TPSA) is 78.4 Å². The first-order chi connectivity index (χ1) is 9.10. The van der Waals surface area contributed by atoms with Crippen LogP contribution in [0, 0.1) is 10.1 Å². The molecule has 6 heteroatoms. The van der Waals surface area contributed by atoms with Gasteiger partial charge in [-0.3, -0.25) is 10.1 Å². The molecule has 0 aromatic heterocycles. The standard InChI is InChI=1S/C13H11BrN2O3/c14-12-7-10(16(17)18)3-6-13(12)19-11-4-1-9(8-15)2-5-11/h1-7H,8,15H2. The number of benzene rings is 2. The van der Waals surface area contributed by atoms with E-state index in [1.165, 1.54) is 12.1 Å². The average molecular weight is 323 g/mol. The Hall–Kier alpha value is -1.92. The molecule has 0 heterocycles. The van der Waals surface area contributed by atoms with E-state index in [0.29, 0.717) is 22.5 Å². The maximum absolute atomic E-state index is 10.6. The van der Waals surface area contributed by atoms with E-state index in [1.807, 2.05) is 12.1 Å². The molecule has 0 unspecified atom stereocenters. The highest BCUT2D eigenvalue weighted by molar-refractivity contribution is 9.10. The molecule has 0 saturated carbocycles. The Morgan fingerprint density at radius 2 is 1.89 bits per heavy atom. The lowest BCUT2D eigenvalue weighted by atomic mass is 10.2. The van der Waals surface area contributed by atoms with E-state index in [0.717, 1.165) is 5.56 Å². The van der Waals surface area contributed by atoms with Crippen molar-refractivity contribution in [3.05, 3.63) is 62.6 Å². The van der Waals surface area contributed by atoms with Gasteiger partial charge in [-0.15, -0.1) is 0 Å². The third-order valence-corrected chi connectivity index (χ3v) is 3.13. The Balaban J connectivity index is 2.20. The Morgan fingerprint density at radius 3 is 2.42 bits per heavy atom. The minimum absolute atomic E-state index is 0.0118. The molecule has 0 aliphatic heterocycles. The molecule has 0 radical (unpaired) electrons. The number of nitro groups is 1. The number of non-ortho nitro benzene ring substituents is 1. The zero-order valence-electron chi connectivity index (χ0n) is 9.88. The predicted octanol–water partition coefficient (Wildman–Crippen LogP) is 3.61. The van der Waals surface area contributed by atoms with Gasteiger partial charge in [-0.2, -0.15) is 0 Å². The van der Waals surface area contributed by atoms with Gasteiger partial charge in [0.1, 0.15) is 11.5 Å². The number of nitrogens with two attached hydrogens (primary N) is 1. The molecule has 0 fully saturated rings. The molecule has 0 bridgehead atoms. The second-order valence-corrected chi connectivity index (χ2v) is 4.68. The molecular formula is C13H11BrN2O3. The fourth-order valence-corrected chi connectivity index (χ4v) is 1.95. The Morgan fingerprint density at radius 1 is 1.21 bits per heavy atom. The summed E-state index contributed by atoms with van der Waals surface area (Å²) in [6.45, 7) is 0.474. The van der Waals surface area contributed by atoms with Gasteiger partial charge >= 0.3 is 0 Å². The van der Waals surface area contributed by atoms with Gasteiger partial charge in [0, 0.05) is 18.7 Å². The Labute approximate surface area is 118 Å². The summed E-state index contributed by atoms with van der Waals surface area (Å²) in [5, 5.41) is 10.6. The highest BCUT2D eigenvalue weighted by Gasteiger charge is 2.10. The zero-order valence-corrected chi connectivity index (χ0v) is 11.5. The van der Waals surface area contributed by atoms with Gasteiger partial charge in [-0.25, -0.2) is 0 Å². The summed E-state index contributed by atoms with van der Waals surface area (Å²) in [5.74, 6) is 1.16. The van der Waals surface area contributed by atoms with Crippen molar-refractivity contribution >= 4 is 21.6 Å². The fraction of sp³-hybridized carbons (Fsp3) is 0.0769. The maximum atomic E-state index is 10.6. The predicted molar refractivity (Wildman–Crippen MR) is 75.2 cm³/mol. The molecule has 98 valence electrons. The number of hydrogen-bond acceptors (Lipinski definition) is 4. The van der Waals surface area contributed by atoms with Crippen LogP contribution in [-0.2, 0) is 6.54 Å². The Bertz CT molecular complexity index is 599. The van der Waals surface area contributed by atoms with Gasteiger partial charge in [0.15, 0.2) is 0 Å². The molecule has 19 heavy (non-hydrogen) atoms. The molecule has 0 saturated heterocycles. The molecule has 2 aromatic rings. The number of halogens is 1. The van der Waals surface area contributed by atoms with Gasteiger partial charge in [0.25, 0.3) is 5.69 Å². The highest BCUT2D eigenvalue weighted by Crippen LogP contribution is 2.32. The van der Waals surface area contributed by atoms with E-state index in [4.69, 9.17) is 10.5 Å². The monoisotopic (exact) mass is 322 g/mol. The lowest BCUT2D eigenvalue weighted by Gasteiger charge is -2.08. The van der Waals surface area contributed by atoms with Crippen LogP contribution < -0.4 is 10.5 Å². The Kier molecular flexibility index (Phi) is 4.13. The first-order valence-electron chi connectivity index (χ1n) is 5.51. The van der Waals surface area contributed by atoms with Crippen LogP contribution in [0.3, 0.4) is 0 Å². The van der Waals surface area contributed by atoms with Gasteiger partial charge < -0.3 is 10.5 Å². The highest BCUT2D eigenvalue weighted by atomic mass is 79.9. The van der Waals surface area contributed by atoms with Crippen molar-refractivity contribution < 1.29 is 9.66 Å². The van der Waals surface area contributed by atoms with Crippen LogP contribution in [0.2, 0.25) is 0 Å². The van der Waals surface area contributed by atoms with Crippen molar-refractivity contribution in [3.8, 4) is 11.5 Å². The van der Waals surface area contributed by atoms with E-state index >= 15 is 0 Å². The number of nitro benzene ring substituents is 1. The van der Waals surface area contributed by atoms with Gasteiger partial charge in [-0.1, -0.05) is 12.1 Å². The van der Waals surface area contributed by atoms with E-state index in [9.17, 15) is 10.1 Å². The van der Waals surface area contributed by atoms with Crippen LogP contribution in [0.25, 0.3) is 0 Å².